The number of carbonyl (C=O) groups excluding carboxylic acids is 1. The van der Waals surface area contributed by atoms with Crippen LogP contribution in [0.25, 0.3) is 0 Å². The molecular formula is C49H99N2O6P. The lowest BCUT2D eigenvalue weighted by Gasteiger charge is -2.30. The molecule has 0 radical (unpaired) electrons. The first-order valence-corrected chi connectivity index (χ1v) is 26.5. The first kappa shape index (κ1) is 57.2. The molecule has 0 bridgehead atoms. The molecule has 0 aliphatic heterocycles. The van der Waals surface area contributed by atoms with Gasteiger partial charge >= 0.3 is 0 Å². The summed E-state index contributed by atoms with van der Waals surface area (Å²) in [6.45, 7) is 4.74. The molecule has 0 rings (SSSR count). The molecule has 0 fully saturated rings. The maximum Gasteiger partial charge on any atom is 0.268 e. The molecule has 0 spiro atoms. The number of aliphatic hydroxyl groups is 1. The summed E-state index contributed by atoms with van der Waals surface area (Å²) in [5.41, 5.74) is 0. The molecule has 8 nitrogen and oxygen atoms in total. The van der Waals surface area contributed by atoms with Crippen LogP contribution in [0, 0.1) is 0 Å². The fourth-order valence-electron chi connectivity index (χ4n) is 7.51. The lowest BCUT2D eigenvalue weighted by Crippen LogP contribution is -2.46. The molecule has 58 heavy (non-hydrogen) atoms. The normalized spacial score (nSPS) is 14.3. The van der Waals surface area contributed by atoms with Crippen LogP contribution in [0.15, 0.2) is 12.2 Å². The van der Waals surface area contributed by atoms with E-state index in [1.165, 1.54) is 180 Å². The van der Waals surface area contributed by atoms with Crippen LogP contribution in [0.3, 0.4) is 0 Å². The molecule has 2 unspecified atom stereocenters. The number of phosphoric acid groups is 1. The number of aliphatic hydroxyl groups excluding tert-OH is 1. The Labute approximate surface area is 361 Å². The van der Waals surface area contributed by atoms with Crippen LogP contribution in [0.5, 0.6) is 0 Å². The summed E-state index contributed by atoms with van der Waals surface area (Å²) in [7, 11) is 1.31. The Morgan fingerprint density at radius 1 is 0.586 bits per heavy atom. The monoisotopic (exact) mass is 843 g/mol. The predicted octanol–water partition coefficient (Wildman–Crippen LogP) is 13.7. The molecule has 9 heteroatoms. The topological polar surface area (TPSA) is 108 Å². The van der Waals surface area contributed by atoms with Gasteiger partial charge in [0.2, 0.25) is 5.91 Å². The number of rotatable bonds is 46. The highest BCUT2D eigenvalue weighted by molar-refractivity contribution is 7.45. The van der Waals surface area contributed by atoms with E-state index in [1.54, 1.807) is 0 Å². The first-order chi connectivity index (χ1) is 28.0. The van der Waals surface area contributed by atoms with Crippen LogP contribution >= 0.6 is 7.82 Å². The maximum atomic E-state index is 12.9. The Kier molecular flexibility index (Phi) is 41.0. The molecule has 2 N–H and O–H groups in total. The Morgan fingerprint density at radius 2 is 0.948 bits per heavy atom. The first-order valence-electron chi connectivity index (χ1n) is 25.0. The van der Waals surface area contributed by atoms with E-state index < -0.39 is 20.0 Å². The minimum atomic E-state index is -4.56. The highest BCUT2D eigenvalue weighted by Crippen LogP contribution is 2.38. The number of phosphoric ester groups is 1. The molecular weight excluding hydrogens is 744 g/mol. The Bertz CT molecular complexity index is 958. The number of hydrogen-bond acceptors (Lipinski definition) is 6. The lowest BCUT2D eigenvalue weighted by atomic mass is 10.0. The molecule has 0 aromatic rings. The van der Waals surface area contributed by atoms with Crippen molar-refractivity contribution < 1.29 is 32.9 Å². The number of likely N-dealkylation sites (N-methyl/N-ethyl adjacent to an activating group) is 1. The van der Waals surface area contributed by atoms with Crippen molar-refractivity contribution >= 4 is 13.7 Å². The van der Waals surface area contributed by atoms with E-state index in [1.807, 2.05) is 21.1 Å². The van der Waals surface area contributed by atoms with Crippen LogP contribution in [-0.4, -0.2) is 68.5 Å². The Morgan fingerprint density at radius 3 is 1.34 bits per heavy atom. The zero-order valence-corrected chi connectivity index (χ0v) is 40.2. The Balaban J connectivity index is 4.23. The van der Waals surface area contributed by atoms with Gasteiger partial charge in [0.15, 0.2) is 0 Å². The number of unbranched alkanes of at least 4 members (excludes halogenated alkanes) is 31. The lowest BCUT2D eigenvalue weighted by molar-refractivity contribution is -0.870. The van der Waals surface area contributed by atoms with E-state index in [2.05, 4.69) is 31.3 Å². The molecule has 3 atom stereocenters. The van der Waals surface area contributed by atoms with Crippen LogP contribution < -0.4 is 10.2 Å². The average molecular weight is 843 g/mol. The summed E-state index contributed by atoms with van der Waals surface area (Å²) >= 11 is 0. The third-order valence-electron chi connectivity index (χ3n) is 11.5. The fraction of sp³-hybridized carbons (Fsp3) is 0.939. The van der Waals surface area contributed by atoms with Gasteiger partial charge < -0.3 is 28.8 Å². The minimum absolute atomic E-state index is 0.0143. The number of nitrogens with zero attached hydrogens (tertiary/aromatic N) is 1. The van der Waals surface area contributed by atoms with Crippen molar-refractivity contribution in [2.75, 3.05) is 40.9 Å². The zero-order valence-electron chi connectivity index (χ0n) is 39.3. The van der Waals surface area contributed by atoms with Gasteiger partial charge in [0.1, 0.15) is 13.2 Å². The van der Waals surface area contributed by atoms with Crippen molar-refractivity contribution in [3.63, 3.8) is 0 Å². The fourth-order valence-corrected chi connectivity index (χ4v) is 8.23. The van der Waals surface area contributed by atoms with Crippen molar-refractivity contribution in [1.29, 1.82) is 0 Å². The Hall–Kier alpha value is -0.760. The van der Waals surface area contributed by atoms with Crippen molar-refractivity contribution in [2.45, 2.75) is 257 Å². The van der Waals surface area contributed by atoms with E-state index in [0.717, 1.165) is 38.5 Å². The minimum Gasteiger partial charge on any atom is -0.756 e. The zero-order chi connectivity index (χ0) is 42.8. The molecule has 0 aliphatic rings. The van der Waals surface area contributed by atoms with Gasteiger partial charge in [-0.05, 0) is 38.5 Å². The summed E-state index contributed by atoms with van der Waals surface area (Å²) in [5.74, 6) is -0.163. The second kappa shape index (κ2) is 41.6. The maximum absolute atomic E-state index is 12.9. The van der Waals surface area contributed by atoms with Crippen LogP contribution in [0.4, 0.5) is 0 Å². The van der Waals surface area contributed by atoms with E-state index in [9.17, 15) is 19.4 Å². The number of quaternary nitrogens is 1. The van der Waals surface area contributed by atoms with E-state index in [0.29, 0.717) is 23.9 Å². The smallest absolute Gasteiger partial charge is 0.268 e. The van der Waals surface area contributed by atoms with Gasteiger partial charge in [0.05, 0.1) is 39.9 Å². The summed E-state index contributed by atoms with van der Waals surface area (Å²) < 4.78 is 23.3. The van der Waals surface area contributed by atoms with Crippen molar-refractivity contribution in [3.8, 4) is 0 Å². The number of amides is 1. The van der Waals surface area contributed by atoms with Crippen LogP contribution in [0.1, 0.15) is 245 Å². The van der Waals surface area contributed by atoms with Gasteiger partial charge in [-0.1, -0.05) is 212 Å². The molecule has 0 heterocycles. The summed E-state index contributed by atoms with van der Waals surface area (Å²) in [5, 5.41) is 14.0. The average Bonchev–Trinajstić information content (AvgIpc) is 3.17. The van der Waals surface area contributed by atoms with Crippen molar-refractivity contribution in [1.82, 2.24) is 5.32 Å². The van der Waals surface area contributed by atoms with Crippen molar-refractivity contribution in [2.24, 2.45) is 0 Å². The number of nitrogens with one attached hydrogen (secondary N) is 1. The van der Waals surface area contributed by atoms with Gasteiger partial charge in [-0.25, -0.2) is 0 Å². The van der Waals surface area contributed by atoms with Gasteiger partial charge in [0, 0.05) is 6.42 Å². The van der Waals surface area contributed by atoms with Crippen LogP contribution in [0.2, 0.25) is 0 Å². The molecule has 0 saturated heterocycles. The number of allylic oxidation sites excluding steroid dienone is 2. The predicted molar refractivity (Wildman–Crippen MR) is 247 cm³/mol. The van der Waals surface area contributed by atoms with Crippen LogP contribution in [-0.2, 0) is 18.4 Å². The molecule has 0 aromatic heterocycles. The third-order valence-corrected chi connectivity index (χ3v) is 12.5. The second-order valence-electron chi connectivity index (χ2n) is 18.5. The molecule has 346 valence electrons. The summed E-state index contributed by atoms with van der Waals surface area (Å²) in [6.07, 6.45) is 47.9. The molecule has 0 saturated carbocycles. The number of carbonyl (C=O) groups is 1. The second-order valence-corrected chi connectivity index (χ2v) is 19.9. The summed E-state index contributed by atoms with van der Waals surface area (Å²) in [4.78, 5) is 25.4. The SMILES string of the molecule is CCCCCCCC/C=C\CCCCCCCCCCCCCC(=O)N[C@@H](COP(=O)([O-])OCC[N+](C)(C)C)C(O)CCCCCCCCCCCCCCCCC. The highest BCUT2D eigenvalue weighted by Gasteiger charge is 2.24. The van der Waals surface area contributed by atoms with Gasteiger partial charge in [-0.15, -0.1) is 0 Å². The van der Waals surface area contributed by atoms with E-state index in [4.69, 9.17) is 9.05 Å². The third kappa shape index (κ3) is 43.3. The number of hydrogen-bond donors (Lipinski definition) is 2. The highest BCUT2D eigenvalue weighted by atomic mass is 31.2. The van der Waals surface area contributed by atoms with Gasteiger partial charge in [-0.3, -0.25) is 9.36 Å². The largest absolute Gasteiger partial charge is 0.756 e. The van der Waals surface area contributed by atoms with E-state index in [-0.39, 0.29) is 19.1 Å². The summed E-state index contributed by atoms with van der Waals surface area (Å²) in [6, 6.07) is -0.796. The molecule has 0 aliphatic carbocycles. The quantitative estimate of drug-likeness (QED) is 0.0273. The van der Waals surface area contributed by atoms with E-state index >= 15 is 0 Å². The van der Waals surface area contributed by atoms with Crippen molar-refractivity contribution in [3.05, 3.63) is 12.2 Å². The standard InChI is InChI=1S/C49H99N2O6P/c1-6-8-10-12-14-16-18-20-22-23-24-25-26-27-29-31-33-35-37-39-41-43-49(53)50-47(46-57-58(54,55)56-45-44-51(3,4)5)48(52)42-40-38-36-34-32-30-28-21-19-17-15-13-11-9-7-2/h20,22,47-48,52H,6-19,21,23-46H2,1-5H3,(H-,50,53,54,55)/b22-20-/t47-,48?/m0/s1. The van der Waals surface area contributed by atoms with Gasteiger partial charge in [0.25, 0.3) is 7.82 Å². The van der Waals surface area contributed by atoms with Gasteiger partial charge in [-0.2, -0.15) is 0 Å². The molecule has 1 amide bonds. The molecule has 0 aromatic carbocycles.